The molecule has 0 unspecified atom stereocenters. The number of hydrogen-bond donors (Lipinski definition) is 2. The molecule has 0 atom stereocenters. The van der Waals surface area contributed by atoms with E-state index in [1.807, 2.05) is 0 Å². The minimum Gasteiger partial charge on any atom is -0.493 e. The molecule has 1 rings (SSSR count). The Morgan fingerprint density at radius 1 is 1.41 bits per heavy atom. The predicted molar refractivity (Wildman–Crippen MR) is 91.6 cm³/mol. The van der Waals surface area contributed by atoms with Crippen molar-refractivity contribution in [3.63, 3.8) is 0 Å². The summed E-state index contributed by atoms with van der Waals surface area (Å²) >= 11 is 6.20. The van der Waals surface area contributed by atoms with Crippen LogP contribution in [0.4, 0.5) is 0 Å². The highest BCUT2D eigenvalue weighted by Crippen LogP contribution is 2.36. The van der Waals surface area contributed by atoms with Crippen molar-refractivity contribution in [2.45, 2.75) is 20.3 Å². The van der Waals surface area contributed by atoms with Crippen LogP contribution >= 0.6 is 24.0 Å². The van der Waals surface area contributed by atoms with Crippen LogP contribution in [-0.4, -0.2) is 32.7 Å². The quantitative estimate of drug-likeness (QED) is 0.755. The first-order chi connectivity index (χ1) is 9.99. The van der Waals surface area contributed by atoms with E-state index < -0.39 is 0 Å². The molecule has 1 aromatic rings. The molecule has 0 spiro atoms. The maximum absolute atomic E-state index is 11.9. The number of methoxy groups -OCH3 is 1. The lowest BCUT2D eigenvalue weighted by atomic mass is 10.1. The topological polar surface area (TPSA) is 73.6 Å². The maximum Gasteiger partial charge on any atom is 0.251 e. The lowest BCUT2D eigenvalue weighted by Crippen LogP contribution is -2.29. The fraction of sp³-hybridized carbons (Fsp3) is 0.533. The molecule has 0 saturated carbocycles. The number of carbonyl (C=O) groups excluding carboxylic acids is 1. The number of nitrogens with one attached hydrogen (secondary N) is 1. The smallest absolute Gasteiger partial charge is 0.251 e. The van der Waals surface area contributed by atoms with Gasteiger partial charge in [0.2, 0.25) is 0 Å². The van der Waals surface area contributed by atoms with Crippen LogP contribution in [0.2, 0.25) is 5.02 Å². The molecule has 0 saturated heterocycles. The molecule has 0 bridgehead atoms. The van der Waals surface area contributed by atoms with Crippen molar-refractivity contribution in [3.05, 3.63) is 22.7 Å². The van der Waals surface area contributed by atoms with Crippen molar-refractivity contribution in [3.8, 4) is 11.5 Å². The van der Waals surface area contributed by atoms with Crippen LogP contribution in [0.5, 0.6) is 11.5 Å². The Bertz CT molecular complexity index is 482. The van der Waals surface area contributed by atoms with E-state index in [1.165, 1.54) is 7.11 Å². The van der Waals surface area contributed by atoms with Crippen LogP contribution in [-0.2, 0) is 0 Å². The highest BCUT2D eigenvalue weighted by molar-refractivity contribution is 6.32. The van der Waals surface area contributed by atoms with Gasteiger partial charge in [-0.2, -0.15) is 0 Å². The summed E-state index contributed by atoms with van der Waals surface area (Å²) in [5.41, 5.74) is 5.78. The third-order valence-corrected chi connectivity index (χ3v) is 3.14. The minimum atomic E-state index is -0.241. The summed E-state index contributed by atoms with van der Waals surface area (Å²) in [7, 11) is 1.52. The maximum atomic E-state index is 11.9. The Morgan fingerprint density at radius 3 is 2.64 bits per heavy atom. The van der Waals surface area contributed by atoms with Gasteiger partial charge in [0, 0.05) is 18.7 Å². The molecule has 0 radical (unpaired) electrons. The summed E-state index contributed by atoms with van der Waals surface area (Å²) in [4.78, 5) is 11.9. The number of benzene rings is 1. The SMILES string of the molecule is COc1cc(C(=O)NCCN)cc(Cl)c1OCCC(C)C.Cl. The molecule has 1 amide bonds. The molecule has 0 aliphatic heterocycles. The van der Waals surface area contributed by atoms with E-state index in [2.05, 4.69) is 19.2 Å². The Balaban J connectivity index is 0.00000441. The summed E-state index contributed by atoms with van der Waals surface area (Å²) in [6, 6.07) is 3.18. The second-order valence-corrected chi connectivity index (χ2v) is 5.47. The Morgan fingerprint density at radius 2 is 2.09 bits per heavy atom. The number of carbonyl (C=O) groups is 1. The molecule has 1 aromatic carbocycles. The van der Waals surface area contributed by atoms with E-state index in [0.29, 0.717) is 47.7 Å². The van der Waals surface area contributed by atoms with Crippen molar-refractivity contribution in [1.82, 2.24) is 5.32 Å². The summed E-state index contributed by atoms with van der Waals surface area (Å²) in [5, 5.41) is 3.04. The number of nitrogens with two attached hydrogens (primary N) is 1. The van der Waals surface area contributed by atoms with Gasteiger partial charge in [-0.15, -0.1) is 12.4 Å². The second-order valence-electron chi connectivity index (χ2n) is 5.07. The first-order valence-electron chi connectivity index (χ1n) is 6.98. The van der Waals surface area contributed by atoms with Gasteiger partial charge >= 0.3 is 0 Å². The fourth-order valence-corrected chi connectivity index (χ4v) is 1.94. The van der Waals surface area contributed by atoms with Gasteiger partial charge in [-0.05, 0) is 24.5 Å². The van der Waals surface area contributed by atoms with E-state index in [1.54, 1.807) is 12.1 Å². The van der Waals surface area contributed by atoms with Crippen LogP contribution < -0.4 is 20.5 Å². The molecule has 5 nitrogen and oxygen atoms in total. The van der Waals surface area contributed by atoms with Gasteiger partial charge in [-0.25, -0.2) is 0 Å². The first kappa shape index (κ1) is 20.8. The van der Waals surface area contributed by atoms with E-state index in [0.717, 1.165) is 6.42 Å². The molecule has 0 aliphatic rings. The molecule has 0 aliphatic carbocycles. The zero-order valence-electron chi connectivity index (χ0n) is 13.1. The first-order valence-corrected chi connectivity index (χ1v) is 7.36. The monoisotopic (exact) mass is 350 g/mol. The van der Waals surface area contributed by atoms with Crippen molar-refractivity contribution in [2.24, 2.45) is 11.7 Å². The van der Waals surface area contributed by atoms with Gasteiger partial charge < -0.3 is 20.5 Å². The highest BCUT2D eigenvalue weighted by atomic mass is 35.5. The third-order valence-electron chi connectivity index (χ3n) is 2.86. The van der Waals surface area contributed by atoms with Gasteiger partial charge in [0.15, 0.2) is 11.5 Å². The number of ether oxygens (including phenoxy) is 2. The number of amides is 1. The summed E-state index contributed by atoms with van der Waals surface area (Å²) in [6.45, 7) is 5.57. The van der Waals surface area contributed by atoms with E-state index in [4.69, 9.17) is 26.8 Å². The van der Waals surface area contributed by atoms with E-state index >= 15 is 0 Å². The van der Waals surface area contributed by atoms with Crippen molar-refractivity contribution in [2.75, 3.05) is 26.8 Å². The minimum absolute atomic E-state index is 0. The lowest BCUT2D eigenvalue weighted by molar-refractivity contribution is 0.0954. The van der Waals surface area contributed by atoms with Crippen LogP contribution in [0.3, 0.4) is 0 Å². The molecular weight excluding hydrogens is 327 g/mol. The molecule has 3 N–H and O–H groups in total. The Labute approximate surface area is 142 Å². The Hall–Kier alpha value is -1.17. The van der Waals surface area contributed by atoms with E-state index in [-0.39, 0.29) is 18.3 Å². The zero-order chi connectivity index (χ0) is 15.8. The molecule has 0 aromatic heterocycles. The normalized spacial score (nSPS) is 10.1. The third kappa shape index (κ3) is 6.30. The van der Waals surface area contributed by atoms with Gasteiger partial charge in [0.1, 0.15) is 0 Å². The number of hydrogen-bond acceptors (Lipinski definition) is 4. The number of rotatable bonds is 8. The van der Waals surface area contributed by atoms with Gasteiger partial charge in [0.25, 0.3) is 5.91 Å². The lowest BCUT2D eigenvalue weighted by Gasteiger charge is -2.15. The van der Waals surface area contributed by atoms with Crippen LogP contribution in [0.1, 0.15) is 30.6 Å². The molecular formula is C15H24Cl2N2O3. The van der Waals surface area contributed by atoms with Crippen molar-refractivity contribution in [1.29, 1.82) is 0 Å². The van der Waals surface area contributed by atoms with E-state index in [9.17, 15) is 4.79 Å². The predicted octanol–water partition coefficient (Wildman–Crippen LogP) is 2.88. The average Bonchev–Trinajstić information content (AvgIpc) is 2.45. The van der Waals surface area contributed by atoms with Crippen LogP contribution in [0.15, 0.2) is 12.1 Å². The summed E-state index contributed by atoms with van der Waals surface area (Å²) in [6.07, 6.45) is 0.915. The molecule has 0 heterocycles. The largest absolute Gasteiger partial charge is 0.493 e. The molecule has 7 heteroatoms. The van der Waals surface area contributed by atoms with Gasteiger partial charge in [-0.1, -0.05) is 25.4 Å². The van der Waals surface area contributed by atoms with Crippen molar-refractivity contribution >= 4 is 29.9 Å². The molecule has 126 valence electrons. The second kappa shape index (κ2) is 10.5. The number of halogens is 2. The average molecular weight is 351 g/mol. The standard InChI is InChI=1S/C15H23ClN2O3.ClH/c1-10(2)4-7-21-14-12(16)8-11(9-13(14)20-3)15(19)18-6-5-17;/h8-10H,4-7,17H2,1-3H3,(H,18,19);1H. The van der Waals surface area contributed by atoms with Gasteiger partial charge in [-0.3, -0.25) is 4.79 Å². The van der Waals surface area contributed by atoms with Crippen LogP contribution in [0.25, 0.3) is 0 Å². The summed E-state index contributed by atoms with van der Waals surface area (Å²) in [5.74, 6) is 1.21. The van der Waals surface area contributed by atoms with Crippen LogP contribution in [0, 0.1) is 5.92 Å². The van der Waals surface area contributed by atoms with Gasteiger partial charge in [0.05, 0.1) is 18.7 Å². The van der Waals surface area contributed by atoms with Crippen molar-refractivity contribution < 1.29 is 14.3 Å². The zero-order valence-corrected chi connectivity index (χ0v) is 14.7. The fourth-order valence-electron chi connectivity index (χ4n) is 1.68. The molecule has 0 fully saturated rings. The molecule has 22 heavy (non-hydrogen) atoms. The highest BCUT2D eigenvalue weighted by Gasteiger charge is 2.15. The Kier molecular flexibility index (Phi) is 9.98. The summed E-state index contributed by atoms with van der Waals surface area (Å²) < 4.78 is 10.9.